The van der Waals surface area contributed by atoms with Gasteiger partial charge in [-0.1, -0.05) is 6.08 Å². The molecular weight excluding hydrogens is 124 g/mol. The van der Waals surface area contributed by atoms with Crippen LogP contribution in [0.3, 0.4) is 0 Å². The van der Waals surface area contributed by atoms with Crippen molar-refractivity contribution >= 4 is 5.84 Å². The predicted molar refractivity (Wildman–Crippen MR) is 41.9 cm³/mol. The van der Waals surface area contributed by atoms with Gasteiger partial charge in [-0.05, 0) is 19.1 Å². The normalized spacial score (nSPS) is 22.3. The summed E-state index contributed by atoms with van der Waals surface area (Å²) in [6.07, 6.45) is 6.22. The van der Waals surface area contributed by atoms with Crippen molar-refractivity contribution in [3.05, 3.63) is 23.9 Å². The Balaban J connectivity index is 2.36. The van der Waals surface area contributed by atoms with E-state index in [1.54, 1.807) is 0 Å². The van der Waals surface area contributed by atoms with Crippen molar-refractivity contribution in [3.8, 4) is 0 Å². The molecule has 0 saturated heterocycles. The van der Waals surface area contributed by atoms with Crippen LogP contribution in [-0.4, -0.2) is 23.8 Å². The molecule has 0 atom stereocenters. The van der Waals surface area contributed by atoms with Crippen LogP contribution in [0.2, 0.25) is 0 Å². The molecule has 0 spiro atoms. The summed E-state index contributed by atoms with van der Waals surface area (Å²) in [7, 11) is 0. The van der Waals surface area contributed by atoms with Gasteiger partial charge in [-0.25, -0.2) is 0 Å². The largest absolute Gasteiger partial charge is 0.329 e. The van der Waals surface area contributed by atoms with E-state index in [9.17, 15) is 0 Å². The van der Waals surface area contributed by atoms with Gasteiger partial charge in [0, 0.05) is 12.2 Å². The van der Waals surface area contributed by atoms with Crippen LogP contribution in [0, 0.1) is 0 Å². The lowest BCUT2D eigenvalue weighted by Crippen LogP contribution is -2.25. The van der Waals surface area contributed by atoms with E-state index in [4.69, 9.17) is 0 Å². The monoisotopic (exact) mass is 134 g/mol. The highest BCUT2D eigenvalue weighted by atomic mass is 15.2. The van der Waals surface area contributed by atoms with Gasteiger partial charge in [0.2, 0.25) is 0 Å². The van der Waals surface area contributed by atoms with Gasteiger partial charge < -0.3 is 4.90 Å². The molecule has 0 aliphatic carbocycles. The Morgan fingerprint density at radius 1 is 1.60 bits per heavy atom. The van der Waals surface area contributed by atoms with Crippen LogP contribution in [-0.2, 0) is 0 Å². The summed E-state index contributed by atoms with van der Waals surface area (Å²) in [4.78, 5) is 6.56. The summed E-state index contributed by atoms with van der Waals surface area (Å²) < 4.78 is 0. The molecule has 52 valence electrons. The van der Waals surface area contributed by atoms with Crippen molar-refractivity contribution < 1.29 is 0 Å². The highest BCUT2D eigenvalue weighted by Crippen LogP contribution is 2.14. The fourth-order valence-corrected chi connectivity index (χ4v) is 1.33. The van der Waals surface area contributed by atoms with Crippen molar-refractivity contribution in [2.75, 3.05) is 13.1 Å². The van der Waals surface area contributed by atoms with Gasteiger partial charge in [0.05, 0.1) is 6.54 Å². The highest BCUT2D eigenvalue weighted by molar-refractivity contribution is 5.96. The number of fused-ring (bicyclic) bond motifs is 1. The molecule has 2 nitrogen and oxygen atoms in total. The van der Waals surface area contributed by atoms with Crippen LogP contribution < -0.4 is 0 Å². The SMILES string of the molecule is CC1=CC=CC2=NCCN12. The summed E-state index contributed by atoms with van der Waals surface area (Å²) in [6, 6.07) is 0. The second-order valence-corrected chi connectivity index (χ2v) is 2.56. The zero-order valence-electron chi connectivity index (χ0n) is 6.04. The average molecular weight is 134 g/mol. The molecule has 0 bridgehead atoms. The summed E-state index contributed by atoms with van der Waals surface area (Å²) in [6.45, 7) is 4.12. The zero-order chi connectivity index (χ0) is 6.97. The van der Waals surface area contributed by atoms with Crippen molar-refractivity contribution in [1.82, 2.24) is 4.90 Å². The average Bonchev–Trinajstić information content (AvgIpc) is 2.36. The van der Waals surface area contributed by atoms with Crippen LogP contribution in [0.5, 0.6) is 0 Å². The fourth-order valence-electron chi connectivity index (χ4n) is 1.33. The van der Waals surface area contributed by atoms with Crippen molar-refractivity contribution in [2.24, 2.45) is 4.99 Å². The molecule has 0 radical (unpaired) electrons. The van der Waals surface area contributed by atoms with E-state index < -0.39 is 0 Å². The van der Waals surface area contributed by atoms with E-state index >= 15 is 0 Å². The smallest absolute Gasteiger partial charge is 0.127 e. The quantitative estimate of drug-likeness (QED) is 0.485. The summed E-state index contributed by atoms with van der Waals surface area (Å²) in [5.74, 6) is 1.13. The Kier molecular flexibility index (Phi) is 1.13. The van der Waals surface area contributed by atoms with Gasteiger partial charge in [-0.2, -0.15) is 0 Å². The molecule has 2 aliphatic heterocycles. The number of aliphatic imine (C=N–C) groups is 1. The first kappa shape index (κ1) is 5.71. The molecular formula is C8H10N2. The van der Waals surface area contributed by atoms with E-state index in [1.165, 1.54) is 5.70 Å². The predicted octanol–water partition coefficient (Wildman–Crippen LogP) is 1.17. The molecule has 0 aromatic rings. The Hall–Kier alpha value is -1.05. The molecule has 2 aliphatic rings. The number of hydrogen-bond donors (Lipinski definition) is 0. The molecule has 2 heterocycles. The summed E-state index contributed by atoms with van der Waals surface area (Å²) >= 11 is 0. The molecule has 10 heavy (non-hydrogen) atoms. The summed E-state index contributed by atoms with van der Waals surface area (Å²) in [5, 5.41) is 0. The number of hydrogen-bond acceptors (Lipinski definition) is 2. The molecule has 0 aromatic heterocycles. The van der Waals surface area contributed by atoms with Crippen molar-refractivity contribution in [2.45, 2.75) is 6.92 Å². The minimum Gasteiger partial charge on any atom is -0.329 e. The van der Waals surface area contributed by atoms with Crippen molar-refractivity contribution in [3.63, 3.8) is 0 Å². The second-order valence-electron chi connectivity index (χ2n) is 2.56. The molecule has 0 fully saturated rings. The summed E-state index contributed by atoms with van der Waals surface area (Å²) in [5.41, 5.74) is 1.30. The third-order valence-corrected chi connectivity index (χ3v) is 1.88. The molecule has 0 N–H and O–H groups in total. The lowest BCUT2D eigenvalue weighted by Gasteiger charge is -2.20. The first-order valence-electron chi connectivity index (χ1n) is 3.55. The van der Waals surface area contributed by atoms with Crippen LogP contribution in [0.4, 0.5) is 0 Å². The minimum absolute atomic E-state index is 0.949. The lowest BCUT2D eigenvalue weighted by atomic mass is 10.2. The van der Waals surface area contributed by atoms with Gasteiger partial charge in [0.25, 0.3) is 0 Å². The highest BCUT2D eigenvalue weighted by Gasteiger charge is 2.16. The van der Waals surface area contributed by atoms with Crippen LogP contribution in [0.25, 0.3) is 0 Å². The molecule has 0 saturated carbocycles. The van der Waals surface area contributed by atoms with Gasteiger partial charge in [-0.3, -0.25) is 4.99 Å². The number of rotatable bonds is 0. The standard InChI is InChI=1S/C8H10N2/c1-7-3-2-4-8-9-5-6-10(7)8/h2-4H,5-6H2,1H3. The molecule has 2 rings (SSSR count). The Morgan fingerprint density at radius 2 is 2.50 bits per heavy atom. The van der Waals surface area contributed by atoms with Crippen LogP contribution in [0.15, 0.2) is 28.9 Å². The zero-order valence-corrected chi connectivity index (χ0v) is 6.04. The van der Waals surface area contributed by atoms with E-state index in [1.807, 2.05) is 0 Å². The first-order chi connectivity index (χ1) is 4.88. The van der Waals surface area contributed by atoms with Gasteiger partial charge >= 0.3 is 0 Å². The number of nitrogens with zero attached hydrogens (tertiary/aromatic N) is 2. The second kappa shape index (κ2) is 1.97. The van der Waals surface area contributed by atoms with Gasteiger partial charge in [0.1, 0.15) is 5.84 Å². The van der Waals surface area contributed by atoms with Gasteiger partial charge in [-0.15, -0.1) is 0 Å². The molecule has 2 heteroatoms. The molecule has 0 unspecified atom stereocenters. The molecule has 0 aromatic carbocycles. The molecule has 0 amide bonds. The number of allylic oxidation sites excluding steroid dienone is 3. The van der Waals surface area contributed by atoms with E-state index in [0.29, 0.717) is 0 Å². The topological polar surface area (TPSA) is 15.6 Å². The van der Waals surface area contributed by atoms with Crippen LogP contribution >= 0.6 is 0 Å². The minimum atomic E-state index is 0.949. The van der Waals surface area contributed by atoms with Gasteiger partial charge in [0.15, 0.2) is 0 Å². The Labute approximate surface area is 60.6 Å². The first-order valence-corrected chi connectivity index (χ1v) is 3.55. The van der Waals surface area contributed by atoms with Crippen LogP contribution in [0.1, 0.15) is 6.92 Å². The maximum absolute atomic E-state index is 4.32. The maximum atomic E-state index is 4.32. The van der Waals surface area contributed by atoms with Crippen molar-refractivity contribution in [1.29, 1.82) is 0 Å². The number of amidine groups is 1. The van der Waals surface area contributed by atoms with E-state index in [0.717, 1.165) is 18.9 Å². The maximum Gasteiger partial charge on any atom is 0.127 e. The fraction of sp³-hybridized carbons (Fsp3) is 0.375. The Bertz CT molecular complexity index is 236. The van der Waals surface area contributed by atoms with E-state index in [-0.39, 0.29) is 0 Å². The van der Waals surface area contributed by atoms with E-state index in [2.05, 4.69) is 35.0 Å². The third-order valence-electron chi connectivity index (χ3n) is 1.88. The Morgan fingerprint density at radius 3 is 3.30 bits per heavy atom. The lowest BCUT2D eigenvalue weighted by molar-refractivity contribution is 0.562. The third kappa shape index (κ3) is 0.685.